The van der Waals surface area contributed by atoms with E-state index in [9.17, 15) is 0 Å². The number of hydrogen-bond donors (Lipinski definition) is 0. The third-order valence-electron chi connectivity index (χ3n) is 4.04. The van der Waals surface area contributed by atoms with Crippen molar-refractivity contribution >= 4 is 12.6 Å². The molecule has 0 aliphatic carbocycles. The van der Waals surface area contributed by atoms with E-state index in [2.05, 4.69) is 27.7 Å². The molecule has 0 unspecified atom stereocenters. The minimum Gasteiger partial charge on any atom is -0.494 e. The van der Waals surface area contributed by atoms with Crippen LogP contribution < -0.4 is 10.2 Å². The first-order valence-electron chi connectivity index (χ1n) is 6.86. The molecule has 2 rings (SSSR count). The molecule has 1 heterocycles. The van der Waals surface area contributed by atoms with Crippen molar-refractivity contribution in [2.75, 3.05) is 6.61 Å². The van der Waals surface area contributed by atoms with Crippen LogP contribution in [0.3, 0.4) is 0 Å². The maximum Gasteiger partial charge on any atom is 0.494 e. The van der Waals surface area contributed by atoms with Crippen LogP contribution in [0.5, 0.6) is 5.75 Å². The molecule has 0 bridgehead atoms. The zero-order valence-electron chi connectivity index (χ0n) is 12.7. The molecular weight excluding hydrogens is 239 g/mol. The van der Waals surface area contributed by atoms with Crippen molar-refractivity contribution in [3.63, 3.8) is 0 Å². The van der Waals surface area contributed by atoms with Crippen molar-refractivity contribution in [2.24, 2.45) is 0 Å². The topological polar surface area (TPSA) is 27.7 Å². The maximum absolute atomic E-state index is 6.05. The first kappa shape index (κ1) is 14.4. The Bertz CT molecular complexity index is 452. The average Bonchev–Trinajstić information content (AvgIpc) is 2.51. The van der Waals surface area contributed by atoms with Crippen LogP contribution in [0.2, 0.25) is 0 Å². The molecule has 0 spiro atoms. The minimum atomic E-state index is -0.329. The molecule has 1 aromatic rings. The van der Waals surface area contributed by atoms with Gasteiger partial charge in [0.05, 0.1) is 17.8 Å². The van der Waals surface area contributed by atoms with Crippen LogP contribution in [0.1, 0.15) is 40.2 Å². The Morgan fingerprint density at radius 2 is 1.68 bits per heavy atom. The van der Waals surface area contributed by atoms with E-state index in [1.807, 2.05) is 32.0 Å². The van der Waals surface area contributed by atoms with Gasteiger partial charge in [0.2, 0.25) is 0 Å². The van der Waals surface area contributed by atoms with Crippen LogP contribution in [0, 0.1) is 6.92 Å². The Morgan fingerprint density at radius 1 is 1.11 bits per heavy atom. The van der Waals surface area contributed by atoms with Gasteiger partial charge in [-0.15, -0.1) is 0 Å². The highest BCUT2D eigenvalue weighted by atomic mass is 16.7. The monoisotopic (exact) mass is 262 g/mol. The second-order valence-electron chi connectivity index (χ2n) is 6.05. The number of ether oxygens (including phenoxy) is 1. The van der Waals surface area contributed by atoms with Gasteiger partial charge in [-0.2, -0.15) is 0 Å². The van der Waals surface area contributed by atoms with Gasteiger partial charge in [0.25, 0.3) is 0 Å². The van der Waals surface area contributed by atoms with Gasteiger partial charge < -0.3 is 14.0 Å². The fraction of sp³-hybridized carbons (Fsp3) is 0.600. The van der Waals surface area contributed by atoms with Crippen molar-refractivity contribution in [1.29, 1.82) is 0 Å². The van der Waals surface area contributed by atoms with Gasteiger partial charge in [-0.25, -0.2) is 0 Å². The molecule has 0 amide bonds. The summed E-state index contributed by atoms with van der Waals surface area (Å²) in [5, 5.41) is 0. The van der Waals surface area contributed by atoms with E-state index in [0.717, 1.165) is 16.8 Å². The zero-order chi connectivity index (χ0) is 14.3. The van der Waals surface area contributed by atoms with Gasteiger partial charge in [0.1, 0.15) is 5.75 Å². The van der Waals surface area contributed by atoms with Gasteiger partial charge in [-0.1, -0.05) is 12.1 Å². The second kappa shape index (κ2) is 4.84. The molecule has 1 aliphatic heterocycles. The summed E-state index contributed by atoms with van der Waals surface area (Å²) in [5.41, 5.74) is 1.51. The normalized spacial score (nSPS) is 20.6. The molecule has 0 aromatic heterocycles. The van der Waals surface area contributed by atoms with E-state index in [4.69, 9.17) is 14.0 Å². The zero-order valence-corrected chi connectivity index (χ0v) is 12.7. The highest BCUT2D eigenvalue weighted by molar-refractivity contribution is 6.62. The molecule has 1 aliphatic rings. The van der Waals surface area contributed by atoms with E-state index in [0.29, 0.717) is 6.61 Å². The Morgan fingerprint density at radius 3 is 2.21 bits per heavy atom. The molecule has 4 heteroatoms. The lowest BCUT2D eigenvalue weighted by Gasteiger charge is -2.32. The van der Waals surface area contributed by atoms with E-state index in [1.54, 1.807) is 0 Å². The lowest BCUT2D eigenvalue weighted by Crippen LogP contribution is -2.41. The third kappa shape index (κ3) is 2.65. The van der Waals surface area contributed by atoms with Gasteiger partial charge in [0, 0.05) is 0 Å². The molecule has 19 heavy (non-hydrogen) atoms. The number of hydrogen-bond acceptors (Lipinski definition) is 3. The van der Waals surface area contributed by atoms with Gasteiger partial charge in [-0.05, 0) is 58.6 Å². The second-order valence-corrected chi connectivity index (χ2v) is 6.05. The number of aryl methyl sites for hydroxylation is 1. The molecule has 1 saturated heterocycles. The Labute approximate surface area is 116 Å². The molecule has 0 saturated carbocycles. The fourth-order valence-corrected chi connectivity index (χ4v) is 2.05. The first-order valence-corrected chi connectivity index (χ1v) is 6.86. The fourth-order valence-electron chi connectivity index (χ4n) is 2.05. The van der Waals surface area contributed by atoms with Crippen LogP contribution in [0.25, 0.3) is 0 Å². The van der Waals surface area contributed by atoms with E-state index in [1.165, 1.54) is 0 Å². The van der Waals surface area contributed by atoms with Crippen LogP contribution in [0.4, 0.5) is 0 Å². The van der Waals surface area contributed by atoms with E-state index in [-0.39, 0.29) is 18.3 Å². The lowest BCUT2D eigenvalue weighted by molar-refractivity contribution is 0.00578. The van der Waals surface area contributed by atoms with Gasteiger partial charge in [-0.3, -0.25) is 0 Å². The van der Waals surface area contributed by atoms with Crippen molar-refractivity contribution in [3.05, 3.63) is 23.8 Å². The number of benzene rings is 1. The van der Waals surface area contributed by atoms with Crippen LogP contribution >= 0.6 is 0 Å². The first-order chi connectivity index (χ1) is 8.77. The number of rotatable bonds is 3. The Kier molecular flexibility index (Phi) is 3.67. The molecule has 0 atom stereocenters. The third-order valence-corrected chi connectivity index (χ3v) is 4.04. The standard InChI is InChI=1S/C15H23BO3/c1-7-17-13-10-12(9-8-11(13)2)16-18-14(3,4)15(5,6)19-16/h8-10H,7H2,1-6H3. The van der Waals surface area contributed by atoms with Crippen molar-refractivity contribution in [1.82, 2.24) is 0 Å². The predicted molar refractivity (Wildman–Crippen MR) is 78.1 cm³/mol. The van der Waals surface area contributed by atoms with Gasteiger partial charge in [0.15, 0.2) is 0 Å². The summed E-state index contributed by atoms with van der Waals surface area (Å²) < 4.78 is 17.7. The molecule has 104 valence electrons. The van der Waals surface area contributed by atoms with E-state index < -0.39 is 0 Å². The van der Waals surface area contributed by atoms with Crippen LogP contribution in [-0.2, 0) is 9.31 Å². The molecule has 3 nitrogen and oxygen atoms in total. The summed E-state index contributed by atoms with van der Waals surface area (Å²) in [7, 11) is -0.329. The SMILES string of the molecule is CCOc1cc(B2OC(C)(C)C(C)(C)O2)ccc1C. The summed E-state index contributed by atoms with van der Waals surface area (Å²) in [6.07, 6.45) is 0. The summed E-state index contributed by atoms with van der Waals surface area (Å²) >= 11 is 0. The molecule has 0 radical (unpaired) electrons. The summed E-state index contributed by atoms with van der Waals surface area (Å²) in [4.78, 5) is 0. The summed E-state index contributed by atoms with van der Waals surface area (Å²) in [5.74, 6) is 0.898. The van der Waals surface area contributed by atoms with Crippen LogP contribution in [-0.4, -0.2) is 24.9 Å². The minimum absolute atomic E-state index is 0.311. The highest BCUT2D eigenvalue weighted by Crippen LogP contribution is 2.36. The average molecular weight is 262 g/mol. The lowest BCUT2D eigenvalue weighted by atomic mass is 9.78. The van der Waals surface area contributed by atoms with Gasteiger partial charge >= 0.3 is 7.12 Å². The molecule has 1 aromatic carbocycles. The Balaban J connectivity index is 2.27. The molecular formula is C15H23BO3. The largest absolute Gasteiger partial charge is 0.494 e. The summed E-state index contributed by atoms with van der Waals surface area (Å²) in [6, 6.07) is 6.10. The molecule has 1 fully saturated rings. The Hall–Kier alpha value is -0.995. The quantitative estimate of drug-likeness (QED) is 0.784. The van der Waals surface area contributed by atoms with Crippen molar-refractivity contribution in [2.45, 2.75) is 52.7 Å². The maximum atomic E-state index is 6.05. The summed E-state index contributed by atoms with van der Waals surface area (Å²) in [6.45, 7) is 12.9. The van der Waals surface area contributed by atoms with Crippen molar-refractivity contribution in [3.8, 4) is 5.75 Å². The van der Waals surface area contributed by atoms with Crippen LogP contribution in [0.15, 0.2) is 18.2 Å². The van der Waals surface area contributed by atoms with E-state index >= 15 is 0 Å². The molecule has 0 N–H and O–H groups in total. The highest BCUT2D eigenvalue weighted by Gasteiger charge is 2.51. The smallest absolute Gasteiger partial charge is 0.494 e. The predicted octanol–water partition coefficient (Wildman–Crippen LogP) is 2.69. The van der Waals surface area contributed by atoms with Crippen molar-refractivity contribution < 1.29 is 14.0 Å².